The number of thiazole rings is 1. The number of hydrogen-bond acceptors (Lipinski definition) is 11. The van der Waals surface area contributed by atoms with Gasteiger partial charge in [0, 0.05) is 23.9 Å². The van der Waals surface area contributed by atoms with E-state index in [4.69, 9.17) is 5.41 Å². The number of carbonyl (C=O) groups is 3. The zero-order chi connectivity index (χ0) is 22.3. The van der Waals surface area contributed by atoms with Crippen LogP contribution in [0.2, 0.25) is 0 Å². The predicted octanol–water partition coefficient (Wildman–Crippen LogP) is -1.14. The molecule has 4 rings (SSSR count). The molecule has 2 atom stereocenters. The van der Waals surface area contributed by atoms with E-state index < -0.39 is 29.2 Å². The van der Waals surface area contributed by atoms with Crippen LogP contribution in [-0.2, 0) is 27.9 Å². The number of carbonyl (C=O) groups excluding carboxylic acids is 2. The summed E-state index contributed by atoms with van der Waals surface area (Å²) in [5, 5.41) is 42.0. The van der Waals surface area contributed by atoms with Crippen molar-refractivity contribution in [3.05, 3.63) is 27.1 Å². The maximum absolute atomic E-state index is 12.7. The van der Waals surface area contributed by atoms with Crippen molar-refractivity contribution in [1.29, 1.82) is 5.41 Å². The number of rotatable bonds is 7. The van der Waals surface area contributed by atoms with Gasteiger partial charge in [0.15, 0.2) is 0 Å². The number of nitrogens with one attached hydrogen (secondary N) is 2. The second kappa shape index (κ2) is 8.35. The highest BCUT2D eigenvalue weighted by Crippen LogP contribution is 2.41. The van der Waals surface area contributed by atoms with Crippen LogP contribution in [0.25, 0.3) is 0 Å². The summed E-state index contributed by atoms with van der Waals surface area (Å²) < 4.78 is 2.08. The number of thioether (sulfide) groups is 2. The minimum atomic E-state index is -1.21. The van der Waals surface area contributed by atoms with E-state index in [1.54, 1.807) is 7.05 Å². The van der Waals surface area contributed by atoms with Crippen LogP contribution in [0.1, 0.15) is 5.69 Å². The normalized spacial score (nSPS) is 20.4. The van der Waals surface area contributed by atoms with Gasteiger partial charge in [-0.3, -0.25) is 19.9 Å². The quantitative estimate of drug-likeness (QED) is 0.213. The molecule has 16 heteroatoms. The molecule has 2 amide bonds. The second-order valence-electron chi connectivity index (χ2n) is 6.61. The Bertz CT molecular complexity index is 1150. The summed E-state index contributed by atoms with van der Waals surface area (Å²) in [6.45, 7) is 0. The van der Waals surface area contributed by atoms with E-state index in [1.165, 1.54) is 38.5 Å². The number of amides is 2. The van der Waals surface area contributed by atoms with E-state index in [9.17, 15) is 24.7 Å². The van der Waals surface area contributed by atoms with Gasteiger partial charge in [-0.1, -0.05) is 11.8 Å². The van der Waals surface area contributed by atoms with Crippen molar-refractivity contribution in [2.45, 2.75) is 23.0 Å². The zero-order valence-corrected chi connectivity index (χ0v) is 18.3. The molecule has 4 N–H and O–H groups in total. The van der Waals surface area contributed by atoms with Crippen LogP contribution in [0.3, 0.4) is 0 Å². The third-order valence-electron chi connectivity index (χ3n) is 4.64. The minimum Gasteiger partial charge on any atom is -0.477 e. The molecule has 0 radical (unpaired) electrons. The van der Waals surface area contributed by atoms with Gasteiger partial charge in [0.25, 0.3) is 5.91 Å². The van der Waals surface area contributed by atoms with Gasteiger partial charge in [0.05, 0.1) is 12.1 Å². The lowest BCUT2D eigenvalue weighted by atomic mass is 10.0. The molecular formula is C15H16N8O5S3. The van der Waals surface area contributed by atoms with E-state index in [2.05, 4.69) is 20.8 Å². The number of carboxylic acids is 1. The summed E-state index contributed by atoms with van der Waals surface area (Å²) in [6.07, 6.45) is -0.206. The number of hydrogen-bond donors (Lipinski definition) is 4. The summed E-state index contributed by atoms with van der Waals surface area (Å²) in [6, 6.07) is -0.856. The minimum absolute atomic E-state index is 0.0771. The van der Waals surface area contributed by atoms with Crippen molar-refractivity contribution in [3.8, 4) is 0 Å². The molecule has 0 bridgehead atoms. The molecule has 0 saturated carbocycles. The molecule has 1 fully saturated rings. The first kappa shape index (κ1) is 21.4. The number of β-lactam (4-membered cyclic amide) rings is 1. The number of aromatic nitrogens is 5. The van der Waals surface area contributed by atoms with Crippen LogP contribution in [0.15, 0.2) is 21.8 Å². The summed E-state index contributed by atoms with van der Waals surface area (Å²) in [5.41, 5.74) is 0.727. The molecule has 1 unspecified atom stereocenters. The van der Waals surface area contributed by atoms with Crippen LogP contribution in [-0.4, -0.2) is 80.9 Å². The van der Waals surface area contributed by atoms with Gasteiger partial charge in [-0.15, -0.1) is 28.2 Å². The zero-order valence-electron chi connectivity index (χ0n) is 15.9. The van der Waals surface area contributed by atoms with Gasteiger partial charge in [-0.05, 0) is 16.0 Å². The fraction of sp³-hybridized carbons (Fsp3) is 0.400. The summed E-state index contributed by atoms with van der Waals surface area (Å²) in [5.74, 6) is -1.53. The molecule has 4 heterocycles. The smallest absolute Gasteiger partial charge is 0.352 e. The van der Waals surface area contributed by atoms with Crippen molar-refractivity contribution < 1.29 is 24.7 Å². The molecule has 1 saturated heterocycles. The Labute approximate surface area is 186 Å². The molecular weight excluding hydrogens is 468 g/mol. The van der Waals surface area contributed by atoms with E-state index >= 15 is 0 Å². The Hall–Kier alpha value is -2.85. The van der Waals surface area contributed by atoms with Crippen LogP contribution in [0.4, 0.5) is 0 Å². The largest absolute Gasteiger partial charge is 0.477 e. The molecule has 0 aliphatic carbocycles. The summed E-state index contributed by atoms with van der Waals surface area (Å²) >= 11 is 3.61. The molecule has 2 aromatic rings. The van der Waals surface area contributed by atoms with E-state index in [-0.39, 0.29) is 22.6 Å². The number of nitrogens with zero attached hydrogens (tertiary/aromatic N) is 6. The van der Waals surface area contributed by atoms with Crippen LogP contribution in [0.5, 0.6) is 0 Å². The number of aliphatic carboxylic acids is 1. The first-order chi connectivity index (χ1) is 14.8. The van der Waals surface area contributed by atoms with Crippen molar-refractivity contribution in [2.24, 2.45) is 7.05 Å². The molecule has 2 aliphatic heterocycles. The van der Waals surface area contributed by atoms with E-state index in [1.807, 2.05) is 0 Å². The van der Waals surface area contributed by atoms with Crippen molar-refractivity contribution in [3.63, 3.8) is 0 Å². The Balaban J connectivity index is 1.45. The van der Waals surface area contributed by atoms with Gasteiger partial charge >= 0.3 is 5.97 Å². The molecule has 31 heavy (non-hydrogen) atoms. The third kappa shape index (κ3) is 3.92. The highest BCUT2D eigenvalue weighted by molar-refractivity contribution is 8.01. The number of tetrazole rings is 1. The fourth-order valence-corrected chi connectivity index (χ4v) is 6.13. The van der Waals surface area contributed by atoms with Crippen molar-refractivity contribution in [1.82, 2.24) is 35.2 Å². The topological polar surface area (TPSA) is 179 Å². The lowest BCUT2D eigenvalue weighted by Gasteiger charge is -2.49. The lowest BCUT2D eigenvalue weighted by molar-refractivity contribution is -0.150. The molecule has 2 aliphatic rings. The highest BCUT2D eigenvalue weighted by atomic mass is 32.2. The third-order valence-corrected chi connectivity index (χ3v) is 7.86. The predicted molar refractivity (Wildman–Crippen MR) is 108 cm³/mol. The maximum atomic E-state index is 12.7. The Morgan fingerprint density at radius 1 is 1.45 bits per heavy atom. The lowest BCUT2D eigenvalue weighted by Crippen LogP contribution is -2.70. The standard InChI is InChI=1S/C15H16N8O5S3/c1-21-15(18-19-20-21)31-4-6-3-29-12-9(11(25)22(12)10(6)13(26)27)17-8(24)2-7-5-30-14(16)23(7)28/h5,9,12,16,28H,2-4H2,1H3,(H,17,24)(H,26,27)/t9?,12-/m1/s1. The average Bonchev–Trinajstić information content (AvgIpc) is 3.29. The Morgan fingerprint density at radius 2 is 2.23 bits per heavy atom. The number of carboxylic acid groups (broad SMARTS) is 1. The number of aryl methyl sites for hydroxylation is 1. The molecule has 2 aromatic heterocycles. The SMILES string of the molecule is Cn1nnnc1SCC1=C(C(=O)O)N2C(=O)C(NC(=O)Cc3csc(=N)n3O)[C@H]2SC1. The first-order valence-electron chi connectivity index (χ1n) is 8.75. The molecule has 13 nitrogen and oxygen atoms in total. The van der Waals surface area contributed by atoms with Gasteiger partial charge in [0.2, 0.25) is 15.9 Å². The van der Waals surface area contributed by atoms with E-state index in [0.717, 1.165) is 11.3 Å². The Morgan fingerprint density at radius 3 is 2.84 bits per heavy atom. The monoisotopic (exact) mass is 484 g/mol. The Kier molecular flexibility index (Phi) is 5.76. The van der Waals surface area contributed by atoms with Crippen LogP contribution < -0.4 is 10.1 Å². The van der Waals surface area contributed by atoms with Crippen LogP contribution in [0, 0.1) is 5.41 Å². The van der Waals surface area contributed by atoms with Gasteiger partial charge < -0.3 is 15.6 Å². The molecule has 164 valence electrons. The first-order valence-corrected chi connectivity index (χ1v) is 11.7. The van der Waals surface area contributed by atoms with Crippen LogP contribution >= 0.6 is 34.9 Å². The van der Waals surface area contributed by atoms with Crippen molar-refractivity contribution in [2.75, 3.05) is 11.5 Å². The molecule has 0 spiro atoms. The summed E-state index contributed by atoms with van der Waals surface area (Å²) in [7, 11) is 1.67. The maximum Gasteiger partial charge on any atom is 0.352 e. The van der Waals surface area contributed by atoms with E-state index in [0.29, 0.717) is 27.0 Å². The summed E-state index contributed by atoms with van der Waals surface area (Å²) in [4.78, 5) is 38.0. The average molecular weight is 485 g/mol. The molecule has 0 aromatic carbocycles. The second-order valence-corrected chi connectivity index (χ2v) is 9.51. The number of fused-ring (bicyclic) bond motifs is 1. The highest BCUT2D eigenvalue weighted by Gasteiger charge is 2.54. The fourth-order valence-electron chi connectivity index (χ4n) is 3.15. The van der Waals surface area contributed by atoms with Gasteiger partial charge in [-0.25, -0.2) is 9.48 Å². The van der Waals surface area contributed by atoms with Gasteiger partial charge in [-0.2, -0.15) is 4.73 Å². The van der Waals surface area contributed by atoms with Crippen molar-refractivity contribution >= 4 is 52.6 Å². The van der Waals surface area contributed by atoms with Gasteiger partial charge in [0.1, 0.15) is 17.1 Å².